The van der Waals surface area contributed by atoms with E-state index in [1.807, 2.05) is 24.3 Å². The number of carbonyl (C=O) groups excluding carboxylic acids is 2. The number of nitrogens with one attached hydrogen (secondary N) is 1. The minimum atomic E-state index is -0.103. The molecule has 2 heterocycles. The summed E-state index contributed by atoms with van der Waals surface area (Å²) in [6, 6.07) is 14.3. The lowest BCUT2D eigenvalue weighted by molar-refractivity contribution is -0.123. The van der Waals surface area contributed by atoms with E-state index < -0.39 is 0 Å². The zero-order valence-corrected chi connectivity index (χ0v) is 19.8. The second kappa shape index (κ2) is 10.4. The molecule has 4 rings (SSSR count). The van der Waals surface area contributed by atoms with Gasteiger partial charge in [-0.25, -0.2) is 0 Å². The summed E-state index contributed by atoms with van der Waals surface area (Å²) in [5.74, 6) is 0.663. The number of amides is 2. The molecule has 0 spiro atoms. The second-order valence-electron chi connectivity index (χ2n) is 8.44. The summed E-state index contributed by atoms with van der Waals surface area (Å²) < 4.78 is 0. The highest BCUT2D eigenvalue weighted by Gasteiger charge is 2.24. The molecule has 2 aromatic rings. The molecule has 2 aliphatic heterocycles. The number of hydrogen-bond donors (Lipinski definition) is 1. The van der Waals surface area contributed by atoms with Gasteiger partial charge in [0.25, 0.3) is 0 Å². The third-order valence-electron chi connectivity index (χ3n) is 6.37. The number of nitrogens with zero attached hydrogens (tertiary/aromatic N) is 3. The van der Waals surface area contributed by atoms with E-state index in [-0.39, 0.29) is 18.4 Å². The van der Waals surface area contributed by atoms with Gasteiger partial charge >= 0.3 is 0 Å². The third kappa shape index (κ3) is 5.27. The highest BCUT2D eigenvalue weighted by molar-refractivity contribution is 7.99. The van der Waals surface area contributed by atoms with Crippen molar-refractivity contribution in [1.82, 2.24) is 10.2 Å². The lowest BCUT2D eigenvalue weighted by Gasteiger charge is -2.37. The third-order valence-corrected chi connectivity index (χ3v) is 7.44. The predicted molar refractivity (Wildman–Crippen MR) is 132 cm³/mol. The average Bonchev–Trinajstić information content (AvgIpc) is 2.95. The fourth-order valence-electron chi connectivity index (χ4n) is 4.34. The van der Waals surface area contributed by atoms with Crippen molar-refractivity contribution in [2.45, 2.75) is 25.2 Å². The molecule has 2 aromatic carbocycles. The average molecular weight is 453 g/mol. The van der Waals surface area contributed by atoms with Gasteiger partial charge in [0.15, 0.2) is 0 Å². The van der Waals surface area contributed by atoms with Crippen molar-refractivity contribution in [1.29, 1.82) is 0 Å². The molecule has 0 bridgehead atoms. The van der Waals surface area contributed by atoms with Crippen LogP contribution in [0.2, 0.25) is 0 Å². The molecule has 0 saturated carbocycles. The first-order chi connectivity index (χ1) is 15.5. The number of rotatable bonds is 6. The van der Waals surface area contributed by atoms with Crippen LogP contribution in [0.3, 0.4) is 0 Å². The first-order valence-electron chi connectivity index (χ1n) is 11.4. The Morgan fingerprint density at radius 1 is 1.00 bits per heavy atom. The van der Waals surface area contributed by atoms with E-state index >= 15 is 0 Å². The maximum atomic E-state index is 12.6. The van der Waals surface area contributed by atoms with Crippen molar-refractivity contribution >= 4 is 35.0 Å². The van der Waals surface area contributed by atoms with Crippen molar-refractivity contribution in [3.8, 4) is 0 Å². The van der Waals surface area contributed by atoms with E-state index in [1.54, 1.807) is 16.7 Å². The Bertz CT molecular complexity index is 972. The van der Waals surface area contributed by atoms with Crippen LogP contribution in [0, 0.1) is 13.8 Å². The number of thioether (sulfide) groups is 1. The number of benzene rings is 2. The Morgan fingerprint density at radius 2 is 1.75 bits per heavy atom. The quantitative estimate of drug-likeness (QED) is 0.730. The number of fused-ring (bicyclic) bond motifs is 1. The molecule has 6 nitrogen and oxygen atoms in total. The van der Waals surface area contributed by atoms with Gasteiger partial charge < -0.3 is 15.1 Å². The summed E-state index contributed by atoms with van der Waals surface area (Å²) in [6.45, 7) is 9.82. The second-order valence-corrected chi connectivity index (χ2v) is 9.58. The Labute approximate surface area is 194 Å². The van der Waals surface area contributed by atoms with Crippen LogP contribution >= 0.6 is 11.8 Å². The van der Waals surface area contributed by atoms with Crippen molar-refractivity contribution in [2.24, 2.45) is 0 Å². The maximum absolute atomic E-state index is 12.6. The van der Waals surface area contributed by atoms with Gasteiger partial charge in [-0.1, -0.05) is 24.3 Å². The predicted octanol–water partition coefficient (Wildman–Crippen LogP) is 3.07. The van der Waals surface area contributed by atoms with Crippen LogP contribution in [-0.4, -0.2) is 68.3 Å². The number of para-hydroxylation sites is 1. The largest absolute Gasteiger partial charge is 0.369 e. The molecule has 0 radical (unpaired) electrons. The number of carbonyl (C=O) groups is 2. The van der Waals surface area contributed by atoms with E-state index in [0.717, 1.165) is 49.1 Å². The van der Waals surface area contributed by atoms with E-state index in [9.17, 15) is 9.59 Å². The van der Waals surface area contributed by atoms with Gasteiger partial charge in [-0.05, 0) is 43.2 Å². The fourth-order valence-corrected chi connectivity index (χ4v) is 5.33. The molecule has 1 fully saturated rings. The van der Waals surface area contributed by atoms with Gasteiger partial charge in [-0.2, -0.15) is 0 Å². The lowest BCUT2D eigenvalue weighted by Crippen LogP contribution is -2.49. The summed E-state index contributed by atoms with van der Waals surface area (Å²) in [4.78, 5) is 32.7. The highest BCUT2D eigenvalue weighted by Crippen LogP contribution is 2.33. The molecule has 1 saturated heterocycles. The van der Waals surface area contributed by atoms with Crippen LogP contribution in [0.15, 0.2) is 47.4 Å². The molecule has 7 heteroatoms. The maximum Gasteiger partial charge on any atom is 0.240 e. The van der Waals surface area contributed by atoms with Crippen molar-refractivity contribution in [3.63, 3.8) is 0 Å². The molecule has 2 amide bonds. The summed E-state index contributed by atoms with van der Waals surface area (Å²) in [5.41, 5.74) is 4.87. The van der Waals surface area contributed by atoms with Crippen molar-refractivity contribution < 1.29 is 9.59 Å². The van der Waals surface area contributed by atoms with Crippen LogP contribution in [-0.2, 0) is 9.59 Å². The summed E-state index contributed by atoms with van der Waals surface area (Å²) >= 11 is 1.68. The van der Waals surface area contributed by atoms with Crippen molar-refractivity contribution in [2.75, 3.05) is 61.4 Å². The fraction of sp³-hybridized carbons (Fsp3) is 0.440. The summed E-state index contributed by atoms with van der Waals surface area (Å²) in [5, 5.41) is 3.01. The molecule has 1 N–H and O–H groups in total. The van der Waals surface area contributed by atoms with Crippen LogP contribution < -0.4 is 15.1 Å². The molecule has 32 heavy (non-hydrogen) atoms. The number of aryl methyl sites for hydroxylation is 1. The van der Waals surface area contributed by atoms with E-state index in [2.05, 4.69) is 47.2 Å². The van der Waals surface area contributed by atoms with Crippen molar-refractivity contribution in [3.05, 3.63) is 53.6 Å². The molecule has 0 aliphatic carbocycles. The van der Waals surface area contributed by atoms with Gasteiger partial charge in [-0.15, -0.1) is 11.8 Å². The Morgan fingerprint density at radius 3 is 2.56 bits per heavy atom. The molecule has 0 aromatic heterocycles. The SMILES string of the molecule is Cc1cccc(N2CCN(CCNC(=O)CN3C(=O)CCSc4ccccc43)CC2)c1C. The molecule has 170 valence electrons. The van der Waals surface area contributed by atoms with Crippen LogP contribution in [0.4, 0.5) is 11.4 Å². The molecule has 0 atom stereocenters. The number of anilines is 2. The highest BCUT2D eigenvalue weighted by atomic mass is 32.2. The topological polar surface area (TPSA) is 55.9 Å². The first kappa shape index (κ1) is 22.7. The number of piperazine rings is 1. The standard InChI is InChI=1S/C25H32N4O2S/c1-19-6-5-8-21(20(19)2)28-15-13-27(14-16-28)12-11-26-24(30)18-29-22-7-3-4-9-23(22)32-17-10-25(29)31/h3-9H,10-18H2,1-2H3,(H,26,30). The normalized spacial score (nSPS) is 17.1. The summed E-state index contributed by atoms with van der Waals surface area (Å²) in [7, 11) is 0. The monoisotopic (exact) mass is 452 g/mol. The van der Waals surface area contributed by atoms with Gasteiger partial charge in [0.2, 0.25) is 11.8 Å². The van der Waals surface area contributed by atoms with E-state index in [4.69, 9.17) is 0 Å². The lowest BCUT2D eigenvalue weighted by atomic mass is 10.1. The first-order valence-corrected chi connectivity index (χ1v) is 12.3. The number of hydrogen-bond acceptors (Lipinski definition) is 5. The Balaban J connectivity index is 1.24. The van der Waals surface area contributed by atoms with E-state index in [1.165, 1.54) is 16.8 Å². The minimum absolute atomic E-state index is 0.0140. The molecular weight excluding hydrogens is 420 g/mol. The van der Waals surface area contributed by atoms with Gasteiger partial charge in [0.1, 0.15) is 6.54 Å². The molecular formula is C25H32N4O2S. The Hall–Kier alpha value is -2.51. The summed E-state index contributed by atoms with van der Waals surface area (Å²) in [6.07, 6.45) is 0.456. The van der Waals surface area contributed by atoms with E-state index in [0.29, 0.717) is 13.0 Å². The molecule has 0 unspecified atom stereocenters. The van der Waals surface area contributed by atoms with Gasteiger partial charge in [0, 0.05) is 62.0 Å². The zero-order chi connectivity index (χ0) is 22.5. The molecule has 2 aliphatic rings. The minimum Gasteiger partial charge on any atom is -0.369 e. The van der Waals surface area contributed by atoms with Crippen LogP contribution in [0.25, 0.3) is 0 Å². The van der Waals surface area contributed by atoms with Crippen LogP contribution in [0.1, 0.15) is 17.5 Å². The zero-order valence-electron chi connectivity index (χ0n) is 19.0. The van der Waals surface area contributed by atoms with Gasteiger partial charge in [0.05, 0.1) is 5.69 Å². The van der Waals surface area contributed by atoms with Crippen LogP contribution in [0.5, 0.6) is 0 Å². The van der Waals surface area contributed by atoms with Gasteiger partial charge in [-0.3, -0.25) is 14.5 Å². The Kier molecular flexibility index (Phi) is 7.37. The smallest absolute Gasteiger partial charge is 0.240 e.